The number of ether oxygens (including phenoxy) is 1. The van der Waals surface area contributed by atoms with Gasteiger partial charge in [0.1, 0.15) is 11.9 Å². The Morgan fingerprint density at radius 2 is 1.67 bits per heavy atom. The molecule has 8 heteroatoms. The minimum atomic E-state index is -0.270. The maximum atomic E-state index is 13.3. The fourth-order valence-electron chi connectivity index (χ4n) is 4.81. The van der Waals surface area contributed by atoms with Gasteiger partial charge < -0.3 is 20.7 Å². The fourth-order valence-corrected chi connectivity index (χ4v) is 5.06. The summed E-state index contributed by atoms with van der Waals surface area (Å²) in [6, 6.07) is 19.5. The first-order chi connectivity index (χ1) is 18.6. The summed E-state index contributed by atoms with van der Waals surface area (Å²) in [7, 11) is 0. The first kappa shape index (κ1) is 28.2. The van der Waals surface area contributed by atoms with E-state index in [4.69, 9.17) is 27.5 Å². The Balaban J connectivity index is 1.46. The predicted octanol–water partition coefficient (Wildman–Crippen LogP) is 5.86. The molecule has 3 aromatic rings. The summed E-state index contributed by atoms with van der Waals surface area (Å²) in [5.74, 6) is 0.663. The Hall–Kier alpha value is -3.84. The Morgan fingerprint density at radius 1 is 1.03 bits per heavy atom. The summed E-state index contributed by atoms with van der Waals surface area (Å²) >= 11 is 6.41. The van der Waals surface area contributed by atoms with Gasteiger partial charge in [0.2, 0.25) is 5.91 Å². The zero-order valence-electron chi connectivity index (χ0n) is 22.5. The van der Waals surface area contributed by atoms with Gasteiger partial charge in [0.25, 0.3) is 5.91 Å². The van der Waals surface area contributed by atoms with Crippen LogP contribution in [-0.2, 0) is 4.79 Å². The average Bonchev–Trinajstić information content (AvgIpc) is 2.92. The molecule has 1 heterocycles. The van der Waals surface area contributed by atoms with Gasteiger partial charge in [-0.2, -0.15) is 0 Å². The molecule has 0 spiro atoms. The van der Waals surface area contributed by atoms with Crippen molar-refractivity contribution in [1.82, 2.24) is 10.2 Å². The minimum Gasteiger partial charge on any atom is -0.490 e. The molecule has 1 unspecified atom stereocenters. The molecule has 0 aromatic heterocycles. The Bertz CT molecular complexity index is 1350. The quantitative estimate of drug-likeness (QED) is 0.243. The molecule has 0 saturated carbocycles. The van der Waals surface area contributed by atoms with Crippen LogP contribution in [0.4, 0.5) is 5.69 Å². The monoisotopic (exact) mass is 546 g/mol. The summed E-state index contributed by atoms with van der Waals surface area (Å²) in [4.78, 5) is 26.6. The molecule has 7 nitrogen and oxygen atoms in total. The molecule has 1 aliphatic heterocycles. The second kappa shape index (κ2) is 12.3. The normalized spacial score (nSPS) is 14.6. The Labute approximate surface area is 234 Å². The molecule has 3 aromatic carbocycles. The van der Waals surface area contributed by atoms with Crippen LogP contribution < -0.4 is 15.8 Å². The van der Waals surface area contributed by atoms with E-state index >= 15 is 0 Å². The SMILES string of the molecule is CC(=O)N1CCC(Oc2ccc(C(=N)c3cc(C(=O)NC(c4ccccc4Cl)C(C)C)ccc3N)cc2)CC1. The van der Waals surface area contributed by atoms with Crippen LogP contribution in [0.1, 0.15) is 66.7 Å². The minimum absolute atomic E-state index is 0.0529. The third kappa shape index (κ3) is 6.79. The van der Waals surface area contributed by atoms with E-state index in [2.05, 4.69) is 5.32 Å². The third-order valence-electron chi connectivity index (χ3n) is 7.11. The molecule has 2 amide bonds. The van der Waals surface area contributed by atoms with E-state index in [1.54, 1.807) is 25.1 Å². The lowest BCUT2D eigenvalue weighted by atomic mass is 9.95. The van der Waals surface area contributed by atoms with Gasteiger partial charge in [-0.05, 0) is 60.0 Å². The summed E-state index contributed by atoms with van der Waals surface area (Å²) in [6.07, 6.45) is 1.63. The molecule has 39 heavy (non-hydrogen) atoms. The fraction of sp³-hybridized carbons (Fsp3) is 0.323. The molecule has 1 aliphatic rings. The van der Waals surface area contributed by atoms with Crippen molar-refractivity contribution >= 4 is 34.8 Å². The van der Waals surface area contributed by atoms with E-state index in [0.717, 1.165) is 18.4 Å². The predicted molar refractivity (Wildman–Crippen MR) is 156 cm³/mol. The second-order valence-corrected chi connectivity index (χ2v) is 10.6. The number of piperidine rings is 1. The number of nitrogen functional groups attached to an aromatic ring is 1. The van der Waals surface area contributed by atoms with Crippen LogP contribution in [0.3, 0.4) is 0 Å². The van der Waals surface area contributed by atoms with Gasteiger partial charge in [0.15, 0.2) is 0 Å². The molecule has 1 saturated heterocycles. The van der Waals surface area contributed by atoms with Crippen molar-refractivity contribution < 1.29 is 14.3 Å². The first-order valence-corrected chi connectivity index (χ1v) is 13.6. The summed E-state index contributed by atoms with van der Waals surface area (Å²) in [5.41, 5.74) is 9.28. The van der Waals surface area contributed by atoms with Gasteiger partial charge in [0.05, 0.1) is 11.8 Å². The number of nitrogens with zero attached hydrogens (tertiary/aromatic N) is 1. The van der Waals surface area contributed by atoms with Gasteiger partial charge >= 0.3 is 0 Å². The number of carbonyl (C=O) groups is 2. The number of halogens is 1. The zero-order valence-corrected chi connectivity index (χ0v) is 23.3. The van der Waals surface area contributed by atoms with Gasteiger partial charge in [0, 0.05) is 60.3 Å². The zero-order chi connectivity index (χ0) is 28.1. The molecule has 0 aliphatic carbocycles. The molecule has 1 atom stereocenters. The van der Waals surface area contributed by atoms with E-state index < -0.39 is 0 Å². The highest BCUT2D eigenvalue weighted by Gasteiger charge is 2.23. The number of benzene rings is 3. The van der Waals surface area contributed by atoms with Crippen molar-refractivity contribution in [3.63, 3.8) is 0 Å². The molecule has 4 N–H and O–H groups in total. The number of rotatable bonds is 8. The van der Waals surface area contributed by atoms with E-state index in [1.165, 1.54) is 0 Å². The smallest absolute Gasteiger partial charge is 0.251 e. The molecule has 0 radical (unpaired) electrons. The van der Waals surface area contributed by atoms with E-state index in [1.807, 2.05) is 67.3 Å². The molecular formula is C31H35ClN4O3. The van der Waals surface area contributed by atoms with Crippen molar-refractivity contribution in [1.29, 1.82) is 5.41 Å². The highest BCUT2D eigenvalue weighted by atomic mass is 35.5. The maximum Gasteiger partial charge on any atom is 0.251 e. The number of anilines is 1. The van der Waals surface area contributed by atoms with Gasteiger partial charge in [-0.15, -0.1) is 0 Å². The topological polar surface area (TPSA) is 109 Å². The van der Waals surface area contributed by atoms with Crippen LogP contribution in [0, 0.1) is 11.3 Å². The lowest BCUT2D eigenvalue weighted by Gasteiger charge is -2.31. The number of hydrogen-bond donors (Lipinski definition) is 3. The Morgan fingerprint density at radius 3 is 2.28 bits per heavy atom. The van der Waals surface area contributed by atoms with E-state index in [-0.39, 0.29) is 35.6 Å². The standard InChI is InChI=1S/C31H35ClN4O3/c1-19(2)30(25-6-4-5-7-27(25)32)35-31(38)22-10-13-28(33)26(18-22)29(34)21-8-11-23(12-9-21)39-24-14-16-36(17-15-24)20(3)37/h4-13,18-19,24,30,34H,14-17,33H2,1-3H3,(H,35,38). The van der Waals surface area contributed by atoms with Crippen LogP contribution in [-0.4, -0.2) is 41.6 Å². The van der Waals surface area contributed by atoms with Crippen molar-refractivity contribution in [2.24, 2.45) is 5.92 Å². The number of nitrogens with two attached hydrogens (primary N) is 1. The highest BCUT2D eigenvalue weighted by molar-refractivity contribution is 6.31. The molecule has 204 valence electrons. The second-order valence-electron chi connectivity index (χ2n) is 10.2. The van der Waals surface area contributed by atoms with Gasteiger partial charge in [-0.3, -0.25) is 15.0 Å². The maximum absolute atomic E-state index is 13.3. The van der Waals surface area contributed by atoms with Gasteiger partial charge in [-0.25, -0.2) is 0 Å². The summed E-state index contributed by atoms with van der Waals surface area (Å²) in [6.45, 7) is 7.04. The number of hydrogen-bond acceptors (Lipinski definition) is 5. The van der Waals surface area contributed by atoms with E-state index in [9.17, 15) is 9.59 Å². The molecule has 1 fully saturated rings. The van der Waals surface area contributed by atoms with Crippen LogP contribution in [0.15, 0.2) is 66.7 Å². The number of amides is 2. The Kier molecular flexibility index (Phi) is 8.92. The molecule has 4 rings (SSSR count). The molecular weight excluding hydrogens is 512 g/mol. The van der Waals surface area contributed by atoms with Crippen LogP contribution >= 0.6 is 11.6 Å². The summed E-state index contributed by atoms with van der Waals surface area (Å²) in [5, 5.41) is 12.5. The summed E-state index contributed by atoms with van der Waals surface area (Å²) < 4.78 is 6.10. The van der Waals surface area contributed by atoms with E-state index in [0.29, 0.717) is 46.2 Å². The first-order valence-electron chi connectivity index (χ1n) is 13.2. The lowest BCUT2D eigenvalue weighted by Crippen LogP contribution is -2.40. The van der Waals surface area contributed by atoms with Crippen LogP contribution in [0.2, 0.25) is 5.02 Å². The lowest BCUT2D eigenvalue weighted by molar-refractivity contribution is -0.130. The number of likely N-dealkylation sites (tertiary alicyclic amines) is 1. The third-order valence-corrected chi connectivity index (χ3v) is 7.46. The highest BCUT2D eigenvalue weighted by Crippen LogP contribution is 2.29. The number of nitrogens with one attached hydrogen (secondary N) is 2. The average molecular weight is 547 g/mol. The van der Waals surface area contributed by atoms with Crippen LogP contribution in [0.5, 0.6) is 5.75 Å². The largest absolute Gasteiger partial charge is 0.490 e. The number of carbonyl (C=O) groups excluding carboxylic acids is 2. The molecule has 0 bridgehead atoms. The van der Waals surface area contributed by atoms with Crippen molar-refractivity contribution in [2.45, 2.75) is 45.8 Å². The van der Waals surface area contributed by atoms with Crippen molar-refractivity contribution in [3.8, 4) is 5.75 Å². The van der Waals surface area contributed by atoms with Crippen molar-refractivity contribution in [3.05, 3.63) is 94.0 Å². The van der Waals surface area contributed by atoms with Crippen molar-refractivity contribution in [2.75, 3.05) is 18.8 Å². The van der Waals surface area contributed by atoms with Gasteiger partial charge in [-0.1, -0.05) is 43.6 Å². The van der Waals surface area contributed by atoms with Crippen LogP contribution in [0.25, 0.3) is 0 Å².